The molecule has 1 fully saturated rings. The zero-order chi connectivity index (χ0) is 15.2. The minimum atomic E-state index is -0.0975. The van der Waals surface area contributed by atoms with Crippen molar-refractivity contribution in [3.8, 4) is 5.75 Å². The van der Waals surface area contributed by atoms with E-state index in [9.17, 15) is 4.79 Å². The Kier molecular flexibility index (Phi) is 5.88. The second-order valence-electron chi connectivity index (χ2n) is 5.61. The summed E-state index contributed by atoms with van der Waals surface area (Å²) >= 11 is 6.03. The standard InChI is InChI=1S/C16H23ClN2O2/c1-11-13(17)6-4-8-15(11)21-10-16(20)19-14-7-3-2-5-12(14)9-18/h4,6,8,12,14H,2-3,5,7,9-10,18H2,1H3,(H,19,20). The van der Waals surface area contributed by atoms with Crippen molar-refractivity contribution in [1.29, 1.82) is 0 Å². The van der Waals surface area contributed by atoms with Crippen LogP contribution in [0.15, 0.2) is 18.2 Å². The summed E-state index contributed by atoms with van der Waals surface area (Å²) in [5.74, 6) is 0.937. The molecule has 2 unspecified atom stereocenters. The first-order chi connectivity index (χ1) is 10.1. The van der Waals surface area contributed by atoms with Crippen LogP contribution in [0.3, 0.4) is 0 Å². The van der Waals surface area contributed by atoms with Crippen molar-refractivity contribution < 1.29 is 9.53 Å². The molecule has 5 heteroatoms. The number of carbonyl (C=O) groups is 1. The van der Waals surface area contributed by atoms with E-state index < -0.39 is 0 Å². The van der Waals surface area contributed by atoms with Crippen molar-refractivity contribution in [3.63, 3.8) is 0 Å². The number of nitrogens with two attached hydrogens (primary N) is 1. The molecule has 21 heavy (non-hydrogen) atoms. The average Bonchev–Trinajstić information content (AvgIpc) is 2.49. The molecule has 1 aliphatic carbocycles. The van der Waals surface area contributed by atoms with Gasteiger partial charge in [-0.25, -0.2) is 0 Å². The lowest BCUT2D eigenvalue weighted by Gasteiger charge is -2.31. The minimum absolute atomic E-state index is 0.00890. The number of carbonyl (C=O) groups excluding carboxylic acids is 1. The van der Waals surface area contributed by atoms with Gasteiger partial charge in [-0.1, -0.05) is 30.5 Å². The van der Waals surface area contributed by atoms with E-state index in [2.05, 4.69) is 5.32 Å². The van der Waals surface area contributed by atoms with E-state index in [0.29, 0.717) is 23.2 Å². The molecule has 1 saturated carbocycles. The van der Waals surface area contributed by atoms with Gasteiger partial charge in [-0.05, 0) is 44.4 Å². The molecule has 2 rings (SSSR count). The van der Waals surface area contributed by atoms with E-state index in [-0.39, 0.29) is 18.6 Å². The Hall–Kier alpha value is -1.26. The second-order valence-corrected chi connectivity index (χ2v) is 6.01. The van der Waals surface area contributed by atoms with Crippen molar-refractivity contribution >= 4 is 17.5 Å². The fourth-order valence-electron chi connectivity index (χ4n) is 2.82. The van der Waals surface area contributed by atoms with Gasteiger partial charge in [-0.3, -0.25) is 4.79 Å². The first-order valence-electron chi connectivity index (χ1n) is 7.49. The maximum atomic E-state index is 12.0. The third-order valence-corrected chi connectivity index (χ3v) is 4.54. The van der Waals surface area contributed by atoms with Crippen molar-refractivity contribution in [1.82, 2.24) is 5.32 Å². The molecule has 1 aliphatic rings. The number of rotatable bonds is 5. The molecule has 4 nitrogen and oxygen atoms in total. The molecule has 0 aliphatic heterocycles. The van der Waals surface area contributed by atoms with Crippen LogP contribution in [0.5, 0.6) is 5.75 Å². The number of amides is 1. The van der Waals surface area contributed by atoms with Crippen LogP contribution in [-0.4, -0.2) is 25.1 Å². The summed E-state index contributed by atoms with van der Waals surface area (Å²) in [7, 11) is 0. The van der Waals surface area contributed by atoms with Gasteiger partial charge in [-0.15, -0.1) is 0 Å². The topological polar surface area (TPSA) is 64.3 Å². The molecule has 0 heterocycles. The second kappa shape index (κ2) is 7.66. The van der Waals surface area contributed by atoms with Crippen LogP contribution in [0.25, 0.3) is 0 Å². The number of ether oxygens (including phenoxy) is 1. The van der Waals surface area contributed by atoms with Gasteiger partial charge in [0.2, 0.25) is 0 Å². The lowest BCUT2D eigenvalue weighted by Crippen LogP contribution is -2.46. The normalized spacial score (nSPS) is 21.9. The quantitative estimate of drug-likeness (QED) is 0.879. The zero-order valence-electron chi connectivity index (χ0n) is 12.4. The summed E-state index contributed by atoms with van der Waals surface area (Å²) in [5.41, 5.74) is 6.63. The molecule has 116 valence electrons. The van der Waals surface area contributed by atoms with Crippen molar-refractivity contribution in [2.75, 3.05) is 13.2 Å². The highest BCUT2D eigenvalue weighted by Gasteiger charge is 2.25. The van der Waals surface area contributed by atoms with E-state index in [1.54, 1.807) is 6.07 Å². The molecule has 1 amide bonds. The Labute approximate surface area is 131 Å². The van der Waals surface area contributed by atoms with Gasteiger partial charge in [0.25, 0.3) is 5.91 Å². The van der Waals surface area contributed by atoms with E-state index >= 15 is 0 Å². The molecule has 0 bridgehead atoms. The van der Waals surface area contributed by atoms with Crippen LogP contribution >= 0.6 is 11.6 Å². The van der Waals surface area contributed by atoms with Crippen LogP contribution in [0, 0.1) is 12.8 Å². The molecule has 0 saturated heterocycles. The van der Waals surface area contributed by atoms with Gasteiger partial charge in [0.1, 0.15) is 5.75 Å². The molecular weight excluding hydrogens is 288 g/mol. The van der Waals surface area contributed by atoms with Crippen LogP contribution in [-0.2, 0) is 4.79 Å². The monoisotopic (exact) mass is 310 g/mol. The predicted molar refractivity (Wildman–Crippen MR) is 84.6 cm³/mol. The summed E-state index contributed by atoms with van der Waals surface area (Å²) in [6.07, 6.45) is 4.45. The summed E-state index contributed by atoms with van der Waals surface area (Å²) in [6.45, 7) is 2.51. The predicted octanol–water partition coefficient (Wildman–Crippen LogP) is 2.66. The van der Waals surface area contributed by atoms with Crippen LogP contribution in [0.4, 0.5) is 0 Å². The van der Waals surface area contributed by atoms with Gasteiger partial charge in [0, 0.05) is 16.6 Å². The molecule has 3 N–H and O–H groups in total. The summed E-state index contributed by atoms with van der Waals surface area (Å²) in [6, 6.07) is 5.62. The molecule has 0 radical (unpaired) electrons. The smallest absolute Gasteiger partial charge is 0.258 e. The fraction of sp³-hybridized carbons (Fsp3) is 0.562. The molecule has 0 aromatic heterocycles. The van der Waals surface area contributed by atoms with Crippen molar-refractivity contribution in [2.45, 2.75) is 38.6 Å². The highest BCUT2D eigenvalue weighted by Crippen LogP contribution is 2.25. The fourth-order valence-corrected chi connectivity index (χ4v) is 2.98. The molecule has 1 aromatic rings. The Balaban J connectivity index is 1.85. The van der Waals surface area contributed by atoms with Crippen molar-refractivity contribution in [3.05, 3.63) is 28.8 Å². The van der Waals surface area contributed by atoms with Crippen LogP contribution in [0.2, 0.25) is 5.02 Å². The van der Waals surface area contributed by atoms with E-state index in [1.807, 2.05) is 19.1 Å². The minimum Gasteiger partial charge on any atom is -0.483 e. The zero-order valence-corrected chi connectivity index (χ0v) is 13.2. The lowest BCUT2D eigenvalue weighted by molar-refractivity contribution is -0.124. The Morgan fingerprint density at radius 1 is 1.43 bits per heavy atom. The summed E-state index contributed by atoms with van der Waals surface area (Å²) < 4.78 is 5.56. The Morgan fingerprint density at radius 3 is 2.95 bits per heavy atom. The lowest BCUT2D eigenvalue weighted by atomic mass is 9.84. The molecule has 2 atom stereocenters. The number of nitrogens with one attached hydrogen (secondary N) is 1. The molecule has 0 spiro atoms. The van der Waals surface area contributed by atoms with E-state index in [0.717, 1.165) is 24.8 Å². The van der Waals surface area contributed by atoms with Crippen LogP contribution < -0.4 is 15.8 Å². The van der Waals surface area contributed by atoms with E-state index in [1.165, 1.54) is 6.42 Å². The summed E-state index contributed by atoms with van der Waals surface area (Å²) in [5, 5.41) is 3.69. The van der Waals surface area contributed by atoms with E-state index in [4.69, 9.17) is 22.1 Å². The van der Waals surface area contributed by atoms with Gasteiger partial charge >= 0.3 is 0 Å². The third-order valence-electron chi connectivity index (χ3n) is 4.13. The maximum absolute atomic E-state index is 12.0. The first-order valence-corrected chi connectivity index (χ1v) is 7.87. The van der Waals surface area contributed by atoms with Gasteiger partial charge in [0.05, 0.1) is 0 Å². The third kappa shape index (κ3) is 4.35. The number of benzene rings is 1. The first kappa shape index (κ1) is 16.1. The van der Waals surface area contributed by atoms with Gasteiger partial charge in [0.15, 0.2) is 6.61 Å². The van der Waals surface area contributed by atoms with Crippen molar-refractivity contribution in [2.24, 2.45) is 11.7 Å². The average molecular weight is 311 g/mol. The highest BCUT2D eigenvalue weighted by atomic mass is 35.5. The molecule has 1 aromatic carbocycles. The maximum Gasteiger partial charge on any atom is 0.258 e. The summed E-state index contributed by atoms with van der Waals surface area (Å²) in [4.78, 5) is 12.0. The number of hydrogen-bond donors (Lipinski definition) is 2. The molecular formula is C16H23ClN2O2. The number of hydrogen-bond acceptors (Lipinski definition) is 3. The SMILES string of the molecule is Cc1c(Cl)cccc1OCC(=O)NC1CCCCC1CN. The highest BCUT2D eigenvalue weighted by molar-refractivity contribution is 6.31. The van der Waals surface area contributed by atoms with Gasteiger partial charge in [-0.2, -0.15) is 0 Å². The van der Waals surface area contributed by atoms with Gasteiger partial charge < -0.3 is 15.8 Å². The number of halogens is 1. The Morgan fingerprint density at radius 2 is 2.19 bits per heavy atom. The Bertz CT molecular complexity index is 493. The largest absolute Gasteiger partial charge is 0.483 e. The van der Waals surface area contributed by atoms with Crippen LogP contribution in [0.1, 0.15) is 31.2 Å².